The molecule has 0 radical (unpaired) electrons. The van der Waals surface area contributed by atoms with Crippen LogP contribution in [0.5, 0.6) is 0 Å². The summed E-state index contributed by atoms with van der Waals surface area (Å²) in [5, 5.41) is 0. The summed E-state index contributed by atoms with van der Waals surface area (Å²) in [5.41, 5.74) is 7.00. The molecule has 16 heavy (non-hydrogen) atoms. The molecule has 90 valence electrons. The predicted octanol–water partition coefficient (Wildman–Crippen LogP) is 0.776. The summed E-state index contributed by atoms with van der Waals surface area (Å²) in [6.45, 7) is 0. The average molecular weight is 242 g/mol. The highest BCUT2D eigenvalue weighted by molar-refractivity contribution is 7.90. The molecule has 0 fully saturated rings. The van der Waals surface area contributed by atoms with Gasteiger partial charge in [-0.05, 0) is 30.9 Å². The number of sulfone groups is 1. The Balaban J connectivity index is 2.29. The fourth-order valence-electron chi connectivity index (χ4n) is 1.53. The van der Waals surface area contributed by atoms with Crippen molar-refractivity contribution >= 4 is 9.84 Å². The van der Waals surface area contributed by atoms with Crippen LogP contribution >= 0.6 is 0 Å². The highest BCUT2D eigenvalue weighted by Crippen LogP contribution is 2.05. The van der Waals surface area contributed by atoms with Crippen molar-refractivity contribution in [2.75, 3.05) is 12.0 Å². The Kier molecular flexibility index (Phi) is 4.89. The molecule has 0 saturated heterocycles. The molecular weight excluding hydrogens is 224 g/mol. The summed E-state index contributed by atoms with van der Waals surface area (Å²) < 4.78 is 21.8. The van der Waals surface area contributed by atoms with Gasteiger partial charge in [-0.15, -0.1) is 0 Å². The summed E-state index contributed by atoms with van der Waals surface area (Å²) >= 11 is 0. The van der Waals surface area contributed by atoms with Crippen LogP contribution in [0.2, 0.25) is 0 Å². The van der Waals surface area contributed by atoms with E-state index in [1.165, 1.54) is 6.26 Å². The fraction of sp³-hybridized carbons (Fsp3) is 0.545. The van der Waals surface area contributed by atoms with Crippen LogP contribution in [0.3, 0.4) is 0 Å². The van der Waals surface area contributed by atoms with E-state index in [4.69, 9.17) is 5.73 Å². The molecule has 0 aliphatic rings. The van der Waals surface area contributed by atoms with Crippen molar-refractivity contribution in [2.24, 2.45) is 5.73 Å². The van der Waals surface area contributed by atoms with Gasteiger partial charge in [0, 0.05) is 30.4 Å². The lowest BCUT2D eigenvalue weighted by atomic mass is 10.0. The Labute approximate surface area is 96.8 Å². The molecule has 0 amide bonds. The molecule has 1 rings (SSSR count). The lowest BCUT2D eigenvalue weighted by Gasteiger charge is -2.10. The van der Waals surface area contributed by atoms with E-state index < -0.39 is 9.84 Å². The smallest absolute Gasteiger partial charge is 0.147 e. The van der Waals surface area contributed by atoms with Gasteiger partial charge in [-0.1, -0.05) is 6.07 Å². The van der Waals surface area contributed by atoms with E-state index in [2.05, 4.69) is 4.98 Å². The van der Waals surface area contributed by atoms with Crippen LogP contribution < -0.4 is 5.73 Å². The van der Waals surface area contributed by atoms with Crippen LogP contribution in [0.25, 0.3) is 0 Å². The standard InChI is InChI=1S/C11H18N2O2S/c1-16(14,15)7-3-5-11(12)8-10-4-2-6-13-9-10/h2,4,6,9,11H,3,5,7-8,12H2,1H3. The number of nitrogens with two attached hydrogens (primary N) is 1. The molecular formula is C11H18N2O2S. The van der Waals surface area contributed by atoms with Crippen molar-refractivity contribution in [3.63, 3.8) is 0 Å². The van der Waals surface area contributed by atoms with Crippen LogP contribution in [-0.2, 0) is 16.3 Å². The van der Waals surface area contributed by atoms with Gasteiger partial charge in [0.1, 0.15) is 9.84 Å². The highest BCUT2D eigenvalue weighted by Gasteiger charge is 2.07. The second kappa shape index (κ2) is 5.96. The van der Waals surface area contributed by atoms with Crippen molar-refractivity contribution < 1.29 is 8.42 Å². The largest absolute Gasteiger partial charge is 0.327 e. The predicted molar refractivity (Wildman–Crippen MR) is 64.9 cm³/mol. The first kappa shape index (κ1) is 13.1. The van der Waals surface area contributed by atoms with E-state index in [-0.39, 0.29) is 11.8 Å². The van der Waals surface area contributed by atoms with Gasteiger partial charge in [0.15, 0.2) is 0 Å². The van der Waals surface area contributed by atoms with Gasteiger partial charge >= 0.3 is 0 Å². The fourth-order valence-corrected chi connectivity index (χ4v) is 2.22. The number of aromatic nitrogens is 1. The molecule has 2 N–H and O–H groups in total. The van der Waals surface area contributed by atoms with Crippen LogP contribution in [0.4, 0.5) is 0 Å². The van der Waals surface area contributed by atoms with Gasteiger partial charge in [-0.2, -0.15) is 0 Å². The maximum absolute atomic E-state index is 10.9. The van der Waals surface area contributed by atoms with Gasteiger partial charge in [0.25, 0.3) is 0 Å². The Morgan fingerprint density at radius 1 is 1.50 bits per heavy atom. The van der Waals surface area contributed by atoms with E-state index in [0.717, 1.165) is 18.4 Å². The third-order valence-corrected chi connectivity index (χ3v) is 3.34. The summed E-state index contributed by atoms with van der Waals surface area (Å²) in [6.07, 6.45) is 6.86. The minimum atomic E-state index is -2.86. The summed E-state index contributed by atoms with van der Waals surface area (Å²) in [6, 6.07) is 3.85. The molecule has 5 heteroatoms. The second-order valence-corrected chi connectivity index (χ2v) is 6.36. The number of hydrogen-bond donors (Lipinski definition) is 1. The molecule has 1 unspecified atom stereocenters. The number of nitrogens with zero attached hydrogens (tertiary/aromatic N) is 1. The third kappa shape index (κ3) is 5.82. The highest BCUT2D eigenvalue weighted by atomic mass is 32.2. The minimum absolute atomic E-state index is 0.00551. The van der Waals surface area contributed by atoms with Crippen molar-refractivity contribution in [3.05, 3.63) is 30.1 Å². The average Bonchev–Trinajstić information content (AvgIpc) is 2.17. The van der Waals surface area contributed by atoms with E-state index in [1.807, 2.05) is 12.1 Å². The van der Waals surface area contributed by atoms with Gasteiger partial charge in [-0.3, -0.25) is 4.98 Å². The molecule has 1 aromatic rings. The zero-order valence-electron chi connectivity index (χ0n) is 9.46. The lowest BCUT2D eigenvalue weighted by Crippen LogP contribution is -2.23. The Bertz CT molecular complexity index is 403. The summed E-state index contributed by atoms with van der Waals surface area (Å²) in [7, 11) is -2.86. The molecule has 1 aromatic heterocycles. The van der Waals surface area contributed by atoms with Gasteiger partial charge in [-0.25, -0.2) is 8.42 Å². The molecule has 0 spiro atoms. The quantitative estimate of drug-likeness (QED) is 0.800. The van der Waals surface area contributed by atoms with Gasteiger partial charge in [0.05, 0.1) is 0 Å². The minimum Gasteiger partial charge on any atom is -0.327 e. The summed E-state index contributed by atoms with van der Waals surface area (Å²) in [5.74, 6) is 0.216. The molecule has 0 aromatic carbocycles. The molecule has 0 aliphatic carbocycles. The molecule has 0 saturated carbocycles. The van der Waals surface area contributed by atoms with E-state index in [1.54, 1.807) is 12.4 Å². The molecule has 0 bridgehead atoms. The van der Waals surface area contributed by atoms with Crippen molar-refractivity contribution in [1.82, 2.24) is 4.98 Å². The first-order chi connectivity index (χ1) is 7.47. The van der Waals surface area contributed by atoms with E-state index >= 15 is 0 Å². The first-order valence-corrected chi connectivity index (χ1v) is 7.35. The van der Waals surface area contributed by atoms with Crippen LogP contribution in [0.1, 0.15) is 18.4 Å². The maximum atomic E-state index is 10.9. The number of rotatable bonds is 6. The molecule has 1 heterocycles. The van der Waals surface area contributed by atoms with E-state index in [9.17, 15) is 8.42 Å². The van der Waals surface area contributed by atoms with Crippen molar-refractivity contribution in [3.8, 4) is 0 Å². The van der Waals surface area contributed by atoms with Crippen molar-refractivity contribution in [2.45, 2.75) is 25.3 Å². The lowest BCUT2D eigenvalue weighted by molar-refractivity contribution is 0.577. The number of pyridine rings is 1. The topological polar surface area (TPSA) is 73.0 Å². The Hall–Kier alpha value is -0.940. The second-order valence-electron chi connectivity index (χ2n) is 4.10. The first-order valence-electron chi connectivity index (χ1n) is 5.29. The molecule has 4 nitrogen and oxygen atoms in total. The third-order valence-electron chi connectivity index (χ3n) is 2.31. The number of hydrogen-bond acceptors (Lipinski definition) is 4. The Morgan fingerprint density at radius 3 is 2.81 bits per heavy atom. The molecule has 1 atom stereocenters. The Morgan fingerprint density at radius 2 is 2.25 bits per heavy atom. The summed E-state index contributed by atoms with van der Waals surface area (Å²) in [4.78, 5) is 4.01. The normalized spacial score (nSPS) is 13.6. The van der Waals surface area contributed by atoms with Crippen molar-refractivity contribution in [1.29, 1.82) is 0 Å². The monoisotopic (exact) mass is 242 g/mol. The van der Waals surface area contributed by atoms with Gasteiger partial charge in [0.2, 0.25) is 0 Å². The van der Waals surface area contributed by atoms with Gasteiger partial charge < -0.3 is 5.73 Å². The van der Waals surface area contributed by atoms with Crippen LogP contribution in [0, 0.1) is 0 Å². The zero-order chi connectivity index (χ0) is 12.0. The molecule has 0 aliphatic heterocycles. The zero-order valence-corrected chi connectivity index (χ0v) is 10.3. The van der Waals surface area contributed by atoms with E-state index in [0.29, 0.717) is 6.42 Å². The maximum Gasteiger partial charge on any atom is 0.147 e. The van der Waals surface area contributed by atoms with Crippen LogP contribution in [0.15, 0.2) is 24.5 Å². The SMILES string of the molecule is CS(=O)(=O)CCCC(N)Cc1cccnc1. The van der Waals surface area contributed by atoms with Crippen LogP contribution in [-0.4, -0.2) is 31.5 Å².